The van der Waals surface area contributed by atoms with Crippen molar-refractivity contribution in [1.29, 1.82) is 0 Å². The van der Waals surface area contributed by atoms with Crippen LogP contribution in [0.15, 0.2) is 152 Å². The van der Waals surface area contributed by atoms with Crippen molar-refractivity contribution in [1.82, 2.24) is 23.8 Å². The first-order valence-corrected chi connectivity index (χ1v) is 17.9. The molecule has 5 nitrogen and oxygen atoms in total. The summed E-state index contributed by atoms with van der Waals surface area (Å²) in [6.45, 7) is 0. The number of thiophene rings is 1. The largest absolute Gasteiger partial charge is 0.306 e. The van der Waals surface area contributed by atoms with E-state index in [0.29, 0.717) is 17.5 Å². The molecule has 0 N–H and O–H groups in total. The predicted octanol–water partition coefficient (Wildman–Crippen LogP) is 11.8. The Kier molecular flexibility index (Phi) is 5.32. The molecule has 0 aliphatic rings. The van der Waals surface area contributed by atoms with Crippen molar-refractivity contribution in [3.63, 3.8) is 0 Å². The number of nitrogens with zero attached hydrogens (tertiary/aromatic N) is 5. The maximum atomic E-state index is 5.22. The van der Waals surface area contributed by atoms with Crippen LogP contribution in [-0.2, 0) is 0 Å². The molecule has 5 aromatic heterocycles. The number of para-hydroxylation sites is 3. The minimum atomic E-state index is 0.646. The predicted molar refractivity (Wildman–Crippen MR) is 212 cm³/mol. The van der Waals surface area contributed by atoms with Crippen molar-refractivity contribution >= 4 is 86.2 Å². The summed E-state index contributed by atoms with van der Waals surface area (Å²) in [6.07, 6.45) is 0. The summed E-state index contributed by atoms with van der Waals surface area (Å²) in [4.78, 5) is 15.4. The summed E-state index contributed by atoms with van der Waals surface area (Å²) in [5.41, 5.74) is 9.94. The van der Waals surface area contributed by atoms with E-state index in [4.69, 9.17) is 15.0 Å². The van der Waals surface area contributed by atoms with Crippen LogP contribution in [0.25, 0.3) is 109 Å². The number of hydrogen-bond donors (Lipinski definition) is 0. The van der Waals surface area contributed by atoms with Crippen LogP contribution >= 0.6 is 11.3 Å². The van der Waals surface area contributed by atoms with Gasteiger partial charge in [0, 0.05) is 58.4 Å². The minimum absolute atomic E-state index is 0.646. The maximum Gasteiger partial charge on any atom is 0.166 e. The van der Waals surface area contributed by atoms with Gasteiger partial charge in [-0.05, 0) is 36.4 Å². The van der Waals surface area contributed by atoms with Crippen molar-refractivity contribution in [2.24, 2.45) is 0 Å². The fourth-order valence-corrected chi connectivity index (χ4v) is 9.53. The summed E-state index contributed by atoms with van der Waals surface area (Å²) in [5.74, 6) is 1.95. The van der Waals surface area contributed by atoms with Gasteiger partial charge in [0.25, 0.3) is 0 Å². The van der Waals surface area contributed by atoms with Gasteiger partial charge >= 0.3 is 0 Å². The molecule has 0 fully saturated rings. The van der Waals surface area contributed by atoms with Crippen LogP contribution in [0.5, 0.6) is 0 Å². The molecule has 51 heavy (non-hydrogen) atoms. The SMILES string of the molecule is c1ccc(-c2nc(-c3ccccc3)nc(-c3cccc4c5cccc6c5n(c5cccc7sc8ccc9c%10ccccc%10n6c9c8c75)c34)n2)cc1. The van der Waals surface area contributed by atoms with Crippen LogP contribution in [-0.4, -0.2) is 23.8 Å². The average molecular weight is 668 g/mol. The van der Waals surface area contributed by atoms with E-state index in [9.17, 15) is 0 Å². The Bertz CT molecular complexity index is 3300. The van der Waals surface area contributed by atoms with Crippen molar-refractivity contribution in [3.05, 3.63) is 152 Å². The number of fused-ring (bicyclic) bond motifs is 8. The van der Waals surface area contributed by atoms with Gasteiger partial charge in [-0.25, -0.2) is 15.0 Å². The van der Waals surface area contributed by atoms with E-state index >= 15 is 0 Å². The summed E-state index contributed by atoms with van der Waals surface area (Å²) < 4.78 is 7.57. The van der Waals surface area contributed by atoms with E-state index in [1.165, 1.54) is 58.4 Å². The molecule has 0 bridgehead atoms. The lowest BCUT2D eigenvalue weighted by Gasteiger charge is -2.12. The third kappa shape index (κ3) is 3.61. The van der Waals surface area contributed by atoms with Crippen molar-refractivity contribution in [3.8, 4) is 34.2 Å². The second kappa shape index (κ2) is 9.97. The van der Waals surface area contributed by atoms with E-state index < -0.39 is 0 Å². The minimum Gasteiger partial charge on any atom is -0.306 e. The van der Waals surface area contributed by atoms with Gasteiger partial charge in [0.2, 0.25) is 0 Å². The van der Waals surface area contributed by atoms with Gasteiger partial charge in [-0.2, -0.15) is 0 Å². The third-order valence-electron chi connectivity index (χ3n) is 10.5. The highest BCUT2D eigenvalue weighted by Gasteiger charge is 2.24. The molecule has 0 aliphatic heterocycles. The average Bonchev–Trinajstić information content (AvgIpc) is 3.85. The molecule has 0 amide bonds. The first kappa shape index (κ1) is 27.2. The highest BCUT2D eigenvalue weighted by molar-refractivity contribution is 7.26. The van der Waals surface area contributed by atoms with Crippen molar-refractivity contribution < 1.29 is 0 Å². The lowest BCUT2D eigenvalue weighted by Crippen LogP contribution is -2.01. The highest BCUT2D eigenvalue weighted by atomic mass is 32.1. The fraction of sp³-hybridized carbons (Fsp3) is 0. The molecule has 0 saturated carbocycles. The molecule has 236 valence electrons. The summed E-state index contributed by atoms with van der Waals surface area (Å²) in [6, 6.07) is 53.9. The van der Waals surface area contributed by atoms with E-state index in [0.717, 1.165) is 33.1 Å². The molecule has 0 radical (unpaired) electrons. The Morgan fingerprint density at radius 3 is 1.71 bits per heavy atom. The van der Waals surface area contributed by atoms with Crippen molar-refractivity contribution in [2.45, 2.75) is 0 Å². The highest BCUT2D eigenvalue weighted by Crippen LogP contribution is 2.47. The molecule has 12 aromatic rings. The maximum absolute atomic E-state index is 5.22. The van der Waals surface area contributed by atoms with Crippen LogP contribution < -0.4 is 0 Å². The second-order valence-corrected chi connectivity index (χ2v) is 14.3. The lowest BCUT2D eigenvalue weighted by molar-refractivity contribution is 1.07. The Labute approximate surface area is 294 Å². The molecule has 7 aromatic carbocycles. The molecule has 6 heteroatoms. The van der Waals surface area contributed by atoms with E-state index in [1.807, 2.05) is 47.7 Å². The Morgan fingerprint density at radius 1 is 0.353 bits per heavy atom. The summed E-state index contributed by atoms with van der Waals surface area (Å²) in [7, 11) is 0. The number of hydrogen-bond acceptors (Lipinski definition) is 4. The molecule has 0 spiro atoms. The van der Waals surface area contributed by atoms with Crippen LogP contribution in [0.4, 0.5) is 0 Å². The van der Waals surface area contributed by atoms with Gasteiger partial charge in [-0.15, -0.1) is 11.3 Å². The summed E-state index contributed by atoms with van der Waals surface area (Å²) in [5, 5.41) is 7.48. The standard InChI is InChI=1S/C45H25N5S/c1-3-12-26(13-4-1)43-46-44(27-14-5-2-6-15-27)48-45(47-43)32-19-9-17-29-30-18-10-22-35-41(30)50(40(29)32)34-21-11-23-36-38(34)39-37(51-36)25-24-31-28-16-7-8-20-33(28)49(35)42(31)39/h1-25H. The summed E-state index contributed by atoms with van der Waals surface area (Å²) >= 11 is 1.87. The topological polar surface area (TPSA) is 47.5 Å². The van der Waals surface area contributed by atoms with E-state index in [2.05, 4.69) is 124 Å². The Balaban J connectivity index is 1.33. The Hall–Kier alpha value is -6.63. The van der Waals surface area contributed by atoms with E-state index in [-0.39, 0.29) is 0 Å². The fourth-order valence-electron chi connectivity index (χ4n) is 8.40. The van der Waals surface area contributed by atoms with Gasteiger partial charge in [-0.1, -0.05) is 115 Å². The van der Waals surface area contributed by atoms with Gasteiger partial charge in [0.05, 0.1) is 33.1 Å². The molecule has 0 aliphatic carbocycles. The number of benzene rings is 7. The third-order valence-corrected chi connectivity index (χ3v) is 11.6. The molecule has 0 saturated heterocycles. The molecule has 5 heterocycles. The second-order valence-electron chi connectivity index (χ2n) is 13.2. The number of aromatic nitrogens is 5. The van der Waals surface area contributed by atoms with Crippen LogP contribution in [0, 0.1) is 0 Å². The zero-order chi connectivity index (χ0) is 33.2. The van der Waals surface area contributed by atoms with Gasteiger partial charge < -0.3 is 8.80 Å². The van der Waals surface area contributed by atoms with Gasteiger partial charge in [0.15, 0.2) is 17.5 Å². The van der Waals surface area contributed by atoms with Gasteiger partial charge in [0.1, 0.15) is 0 Å². The lowest BCUT2D eigenvalue weighted by atomic mass is 10.1. The molecule has 0 unspecified atom stereocenters. The van der Waals surface area contributed by atoms with Gasteiger partial charge in [-0.3, -0.25) is 0 Å². The monoisotopic (exact) mass is 667 g/mol. The molecule has 12 rings (SSSR count). The number of rotatable bonds is 3. The zero-order valence-corrected chi connectivity index (χ0v) is 27.9. The quantitative estimate of drug-likeness (QED) is 0.188. The Morgan fingerprint density at radius 2 is 0.922 bits per heavy atom. The van der Waals surface area contributed by atoms with Crippen molar-refractivity contribution in [2.75, 3.05) is 0 Å². The first-order valence-electron chi connectivity index (χ1n) is 17.1. The van der Waals surface area contributed by atoms with E-state index in [1.54, 1.807) is 0 Å². The zero-order valence-electron chi connectivity index (χ0n) is 27.1. The smallest absolute Gasteiger partial charge is 0.166 e. The van der Waals surface area contributed by atoms with Crippen LogP contribution in [0.1, 0.15) is 0 Å². The van der Waals surface area contributed by atoms with Crippen LogP contribution in [0.3, 0.4) is 0 Å². The molecule has 0 atom stereocenters. The molecular formula is C45H25N5S. The first-order chi connectivity index (χ1) is 25.3. The van der Waals surface area contributed by atoms with Crippen LogP contribution in [0.2, 0.25) is 0 Å². The molecular weight excluding hydrogens is 643 g/mol. The normalized spacial score (nSPS) is 12.3.